The van der Waals surface area contributed by atoms with Gasteiger partial charge in [-0.3, -0.25) is 0 Å². The summed E-state index contributed by atoms with van der Waals surface area (Å²) >= 11 is 0. The summed E-state index contributed by atoms with van der Waals surface area (Å²) in [6, 6.07) is 25.7. The zero-order chi connectivity index (χ0) is 23.9. The van der Waals surface area contributed by atoms with E-state index >= 15 is 0 Å². The molecule has 1 heterocycles. The molecule has 0 aliphatic carbocycles. The minimum absolute atomic E-state index is 0.0541. The van der Waals surface area contributed by atoms with Crippen molar-refractivity contribution in [3.05, 3.63) is 96.6 Å². The summed E-state index contributed by atoms with van der Waals surface area (Å²) < 4.78 is 11.4. The summed E-state index contributed by atoms with van der Waals surface area (Å²) in [5.41, 5.74) is 14.4. The van der Waals surface area contributed by atoms with E-state index in [9.17, 15) is 9.90 Å². The Kier molecular flexibility index (Phi) is 6.55. The molecule has 0 bridgehead atoms. The first kappa shape index (κ1) is 22.2. The number of hydrogen-bond donors (Lipinski definition) is 4. The summed E-state index contributed by atoms with van der Waals surface area (Å²) in [5.74, 6) is 0.681. The van der Waals surface area contributed by atoms with Crippen LogP contribution in [0.15, 0.2) is 91.0 Å². The van der Waals surface area contributed by atoms with Crippen molar-refractivity contribution >= 4 is 28.4 Å². The predicted molar refractivity (Wildman–Crippen MR) is 129 cm³/mol. The quantitative estimate of drug-likeness (QED) is 0.268. The van der Waals surface area contributed by atoms with Crippen molar-refractivity contribution in [3.63, 3.8) is 0 Å². The first-order chi connectivity index (χ1) is 16.5. The summed E-state index contributed by atoms with van der Waals surface area (Å²) in [4.78, 5) is 11.4. The molecule has 9 heteroatoms. The van der Waals surface area contributed by atoms with Crippen LogP contribution in [0.4, 0.5) is 11.4 Å². The van der Waals surface area contributed by atoms with Crippen LogP contribution in [-0.2, 0) is 0 Å². The molecule has 34 heavy (non-hydrogen) atoms. The van der Waals surface area contributed by atoms with Gasteiger partial charge >= 0.3 is 5.97 Å². The van der Waals surface area contributed by atoms with Gasteiger partial charge in [-0.25, -0.2) is 4.79 Å². The lowest BCUT2D eigenvalue weighted by molar-refractivity contribution is 0.0696. The Morgan fingerprint density at radius 2 is 1.12 bits per heavy atom. The molecule has 0 atom stereocenters. The van der Waals surface area contributed by atoms with E-state index in [0.717, 1.165) is 11.0 Å². The fraction of sp³-hybridized carbons (Fsp3) is 0. The number of nitrogens with one attached hydrogen (secondary N) is 1. The third kappa shape index (κ3) is 5.80. The van der Waals surface area contributed by atoms with Gasteiger partial charge in [-0.1, -0.05) is 12.1 Å². The van der Waals surface area contributed by atoms with Crippen LogP contribution in [0, 0.1) is 0 Å². The lowest BCUT2D eigenvalue weighted by Gasteiger charge is -2.11. The Bertz CT molecular complexity index is 1300. The molecule has 0 aliphatic rings. The van der Waals surface area contributed by atoms with E-state index in [4.69, 9.17) is 20.9 Å². The van der Waals surface area contributed by atoms with Gasteiger partial charge in [0.15, 0.2) is 0 Å². The molecule has 0 unspecified atom stereocenters. The van der Waals surface area contributed by atoms with Crippen molar-refractivity contribution in [2.75, 3.05) is 11.5 Å². The third-order valence-corrected chi connectivity index (χ3v) is 4.58. The highest BCUT2D eigenvalue weighted by Crippen LogP contribution is 2.31. The molecule has 0 amide bonds. The van der Waals surface area contributed by atoms with E-state index in [1.807, 2.05) is 24.3 Å². The normalized spacial score (nSPS) is 10.2. The molecular formula is C25H21N5O4. The van der Waals surface area contributed by atoms with Crippen molar-refractivity contribution in [1.82, 2.24) is 15.4 Å². The number of rotatable bonds is 5. The maximum Gasteiger partial charge on any atom is 0.335 e. The molecule has 9 nitrogen and oxygen atoms in total. The molecule has 4 aromatic carbocycles. The van der Waals surface area contributed by atoms with Crippen LogP contribution in [0.2, 0.25) is 0 Å². The number of hydrogen-bond acceptors (Lipinski definition) is 7. The van der Waals surface area contributed by atoms with E-state index in [1.165, 1.54) is 12.1 Å². The maximum absolute atomic E-state index is 11.4. The number of benzene rings is 4. The van der Waals surface area contributed by atoms with Crippen molar-refractivity contribution in [2.24, 2.45) is 0 Å². The molecule has 0 spiro atoms. The average molecular weight is 455 g/mol. The Balaban J connectivity index is 0.000000252. The predicted octanol–water partition coefficient (Wildman–Crippen LogP) is 5.09. The van der Waals surface area contributed by atoms with Gasteiger partial charge in [0.1, 0.15) is 34.0 Å². The van der Waals surface area contributed by atoms with E-state index < -0.39 is 5.97 Å². The molecule has 170 valence electrons. The number of carboxylic acid groups (broad SMARTS) is 1. The number of nitrogens with zero attached hydrogens (tertiary/aromatic N) is 2. The van der Waals surface area contributed by atoms with E-state index in [-0.39, 0.29) is 5.56 Å². The van der Waals surface area contributed by atoms with Crippen LogP contribution in [0.5, 0.6) is 23.0 Å². The Hall–Kier alpha value is -5.05. The number of anilines is 2. The standard InChI is InChI=1S/C19H16N2O4.C6H5N3/c20-13-1-5-15(6-2-13)24-17-9-12(19(22)23)10-18(11-17)25-16-7-3-14(21)4-8-16;1-2-4-6-5(3-1)7-9-8-6/h1-11H,20-21H2,(H,22,23);1-4H,(H,7,8,9). The van der Waals surface area contributed by atoms with Crippen molar-refractivity contribution in [1.29, 1.82) is 0 Å². The third-order valence-electron chi connectivity index (χ3n) is 4.58. The molecule has 0 saturated heterocycles. The number of aromatic nitrogens is 3. The molecule has 5 rings (SSSR count). The number of carbonyl (C=O) groups is 1. The van der Waals surface area contributed by atoms with Gasteiger partial charge in [0, 0.05) is 17.4 Å². The molecule has 0 saturated carbocycles. The fourth-order valence-electron chi connectivity index (χ4n) is 2.94. The van der Waals surface area contributed by atoms with Gasteiger partial charge in [0.2, 0.25) is 0 Å². The zero-order valence-electron chi connectivity index (χ0n) is 17.9. The molecular weight excluding hydrogens is 434 g/mol. The van der Waals surface area contributed by atoms with E-state index in [0.29, 0.717) is 34.4 Å². The first-order valence-electron chi connectivity index (χ1n) is 10.2. The number of aromatic carboxylic acids is 1. The van der Waals surface area contributed by atoms with Crippen molar-refractivity contribution < 1.29 is 19.4 Å². The van der Waals surface area contributed by atoms with Crippen LogP contribution in [0.3, 0.4) is 0 Å². The number of aromatic amines is 1. The Morgan fingerprint density at radius 1 is 0.676 bits per heavy atom. The molecule has 0 aliphatic heterocycles. The fourth-order valence-corrected chi connectivity index (χ4v) is 2.94. The van der Waals surface area contributed by atoms with Crippen LogP contribution in [-0.4, -0.2) is 26.5 Å². The highest BCUT2D eigenvalue weighted by Gasteiger charge is 2.10. The first-order valence-corrected chi connectivity index (χ1v) is 10.2. The molecule has 5 aromatic rings. The van der Waals surface area contributed by atoms with E-state index in [1.54, 1.807) is 54.6 Å². The number of nitrogens with two attached hydrogens (primary N) is 2. The monoisotopic (exact) mass is 455 g/mol. The lowest BCUT2D eigenvalue weighted by atomic mass is 10.2. The number of nitrogen functional groups attached to an aromatic ring is 2. The topological polar surface area (TPSA) is 149 Å². The summed E-state index contributed by atoms with van der Waals surface area (Å²) in [7, 11) is 0. The minimum atomic E-state index is -1.08. The van der Waals surface area contributed by atoms with Crippen LogP contribution >= 0.6 is 0 Å². The van der Waals surface area contributed by atoms with Crippen LogP contribution < -0.4 is 20.9 Å². The largest absolute Gasteiger partial charge is 0.478 e. The van der Waals surface area contributed by atoms with Gasteiger partial charge < -0.3 is 26.0 Å². The lowest BCUT2D eigenvalue weighted by Crippen LogP contribution is -1.98. The second-order valence-corrected chi connectivity index (χ2v) is 7.15. The number of para-hydroxylation sites is 2. The SMILES string of the molecule is Nc1ccc(Oc2cc(Oc3ccc(N)cc3)cc(C(=O)O)c2)cc1.c1ccc2n[nH]nc2c1. The molecule has 0 fully saturated rings. The van der Waals surface area contributed by atoms with Crippen LogP contribution in [0.1, 0.15) is 10.4 Å². The smallest absolute Gasteiger partial charge is 0.335 e. The van der Waals surface area contributed by atoms with Gasteiger partial charge in [0.25, 0.3) is 0 Å². The molecule has 0 radical (unpaired) electrons. The molecule has 1 aromatic heterocycles. The summed E-state index contributed by atoms with van der Waals surface area (Å²) in [6.07, 6.45) is 0. The maximum atomic E-state index is 11.4. The van der Waals surface area contributed by atoms with Crippen molar-refractivity contribution in [2.45, 2.75) is 0 Å². The van der Waals surface area contributed by atoms with E-state index in [2.05, 4.69) is 15.4 Å². The van der Waals surface area contributed by atoms with Crippen molar-refractivity contribution in [3.8, 4) is 23.0 Å². The second kappa shape index (κ2) is 10.0. The number of carboxylic acids is 1. The zero-order valence-corrected chi connectivity index (χ0v) is 17.9. The highest BCUT2D eigenvalue weighted by molar-refractivity contribution is 5.88. The second-order valence-electron chi connectivity index (χ2n) is 7.15. The highest BCUT2D eigenvalue weighted by atomic mass is 16.5. The number of ether oxygens (including phenoxy) is 2. The molecule has 6 N–H and O–H groups in total. The van der Waals surface area contributed by atoms with Gasteiger partial charge in [-0.15, -0.1) is 0 Å². The Morgan fingerprint density at radius 3 is 1.53 bits per heavy atom. The Labute approximate surface area is 194 Å². The minimum Gasteiger partial charge on any atom is -0.478 e. The van der Waals surface area contributed by atoms with Gasteiger partial charge in [-0.05, 0) is 72.8 Å². The van der Waals surface area contributed by atoms with Crippen LogP contribution in [0.25, 0.3) is 11.0 Å². The summed E-state index contributed by atoms with van der Waals surface area (Å²) in [5, 5.41) is 19.6. The number of H-pyrrole nitrogens is 1. The average Bonchev–Trinajstić information content (AvgIpc) is 3.31. The van der Waals surface area contributed by atoms with Gasteiger partial charge in [-0.2, -0.15) is 15.4 Å². The van der Waals surface area contributed by atoms with Gasteiger partial charge in [0.05, 0.1) is 5.56 Å². The summed E-state index contributed by atoms with van der Waals surface area (Å²) in [6.45, 7) is 0. The number of fused-ring (bicyclic) bond motifs is 1.